The molecule has 3 rings (SSSR count). The first-order valence-corrected chi connectivity index (χ1v) is 8.48. The summed E-state index contributed by atoms with van der Waals surface area (Å²) in [6.07, 6.45) is 2.74. The van der Waals surface area contributed by atoms with Gasteiger partial charge in [0.05, 0.1) is 5.41 Å². The van der Waals surface area contributed by atoms with E-state index in [0.29, 0.717) is 23.3 Å². The predicted molar refractivity (Wildman–Crippen MR) is 86.9 cm³/mol. The molecule has 1 N–H and O–H groups in total. The lowest BCUT2D eigenvalue weighted by Crippen LogP contribution is -2.35. The maximum Gasteiger partial charge on any atom is 0.234 e. The highest BCUT2D eigenvalue weighted by molar-refractivity contribution is 9.11. The van der Waals surface area contributed by atoms with Gasteiger partial charge in [0.1, 0.15) is 5.69 Å². The second-order valence-corrected chi connectivity index (χ2v) is 7.41. The first-order valence-electron chi connectivity index (χ1n) is 6.89. The van der Waals surface area contributed by atoms with Crippen LogP contribution in [0.2, 0.25) is 0 Å². The van der Waals surface area contributed by atoms with Crippen molar-refractivity contribution in [2.24, 2.45) is 5.92 Å². The topological polar surface area (TPSA) is 63.8 Å². The van der Waals surface area contributed by atoms with E-state index in [9.17, 15) is 0 Å². The van der Waals surface area contributed by atoms with Gasteiger partial charge in [-0.2, -0.15) is 4.98 Å². The summed E-state index contributed by atoms with van der Waals surface area (Å²) in [6, 6.07) is 1.92. The van der Waals surface area contributed by atoms with Gasteiger partial charge in [-0.1, -0.05) is 19.0 Å². The van der Waals surface area contributed by atoms with Crippen molar-refractivity contribution >= 4 is 31.9 Å². The predicted octanol–water partition coefficient (Wildman–Crippen LogP) is 3.54. The Morgan fingerprint density at radius 2 is 2.19 bits per heavy atom. The molecule has 0 aromatic carbocycles. The van der Waals surface area contributed by atoms with Crippen LogP contribution < -0.4 is 5.32 Å². The number of aromatic nitrogens is 3. The zero-order chi connectivity index (χ0) is 15.0. The summed E-state index contributed by atoms with van der Waals surface area (Å²) in [5.74, 6) is 1.66. The van der Waals surface area contributed by atoms with Gasteiger partial charge in [0.25, 0.3) is 0 Å². The van der Waals surface area contributed by atoms with Crippen LogP contribution in [0, 0.1) is 5.92 Å². The van der Waals surface area contributed by atoms with Gasteiger partial charge < -0.3 is 9.84 Å². The lowest BCUT2D eigenvalue weighted by molar-refractivity contribution is 0.234. The molecule has 1 aliphatic rings. The van der Waals surface area contributed by atoms with Crippen LogP contribution in [0.5, 0.6) is 0 Å². The Bertz CT molecular complexity index is 650. The van der Waals surface area contributed by atoms with E-state index < -0.39 is 0 Å². The average molecular weight is 416 g/mol. The monoisotopic (exact) mass is 414 g/mol. The van der Waals surface area contributed by atoms with E-state index in [1.54, 1.807) is 6.20 Å². The fourth-order valence-corrected chi connectivity index (χ4v) is 3.90. The molecule has 1 saturated heterocycles. The smallest absolute Gasteiger partial charge is 0.234 e. The Balaban J connectivity index is 2.00. The Morgan fingerprint density at radius 1 is 1.38 bits per heavy atom. The van der Waals surface area contributed by atoms with Crippen molar-refractivity contribution in [1.82, 2.24) is 20.4 Å². The van der Waals surface area contributed by atoms with E-state index in [-0.39, 0.29) is 5.41 Å². The molecule has 7 heteroatoms. The number of nitrogens with one attached hydrogen (secondary N) is 1. The van der Waals surface area contributed by atoms with Crippen LogP contribution >= 0.6 is 31.9 Å². The number of pyridine rings is 1. The van der Waals surface area contributed by atoms with Crippen LogP contribution in [0.25, 0.3) is 11.5 Å². The van der Waals surface area contributed by atoms with Crippen molar-refractivity contribution in [2.75, 3.05) is 13.1 Å². The van der Waals surface area contributed by atoms with Crippen molar-refractivity contribution in [2.45, 2.75) is 25.7 Å². The molecule has 0 amide bonds. The van der Waals surface area contributed by atoms with E-state index in [4.69, 9.17) is 4.52 Å². The molecule has 0 aliphatic carbocycles. The molecule has 1 unspecified atom stereocenters. The van der Waals surface area contributed by atoms with Gasteiger partial charge in [0, 0.05) is 21.7 Å². The Morgan fingerprint density at radius 3 is 2.81 bits per heavy atom. The van der Waals surface area contributed by atoms with Gasteiger partial charge in [-0.15, -0.1) is 0 Å². The van der Waals surface area contributed by atoms with Crippen molar-refractivity contribution in [3.05, 3.63) is 27.1 Å². The minimum atomic E-state index is -0.0763. The maximum atomic E-state index is 5.58. The summed E-state index contributed by atoms with van der Waals surface area (Å²) < 4.78 is 7.32. The Labute approximate surface area is 140 Å². The molecule has 3 heterocycles. The molecule has 2 aromatic rings. The van der Waals surface area contributed by atoms with Crippen LogP contribution in [0.1, 0.15) is 26.2 Å². The van der Waals surface area contributed by atoms with E-state index in [0.717, 1.165) is 28.5 Å². The highest BCUT2D eigenvalue weighted by Crippen LogP contribution is 2.38. The third kappa shape index (κ3) is 2.66. The van der Waals surface area contributed by atoms with Crippen molar-refractivity contribution in [1.29, 1.82) is 0 Å². The average Bonchev–Trinajstić information content (AvgIpc) is 3.08. The SMILES string of the molecule is CC(C)C1(c2nc(-c3ncc(Br)cc3Br)no2)CCNC1. The zero-order valence-electron chi connectivity index (χ0n) is 11.9. The Hall–Kier alpha value is -0.790. The normalized spacial score (nSPS) is 22.1. The molecule has 21 heavy (non-hydrogen) atoms. The molecule has 1 atom stereocenters. The van der Waals surface area contributed by atoms with Crippen LogP contribution in [0.15, 0.2) is 25.7 Å². The van der Waals surface area contributed by atoms with Crippen LogP contribution in [0.4, 0.5) is 0 Å². The number of halogens is 2. The molecule has 0 radical (unpaired) electrons. The first kappa shape index (κ1) is 15.1. The van der Waals surface area contributed by atoms with Crippen LogP contribution in [-0.4, -0.2) is 28.2 Å². The summed E-state index contributed by atoms with van der Waals surface area (Å²) in [5.41, 5.74) is 0.616. The van der Waals surface area contributed by atoms with Crippen molar-refractivity contribution < 1.29 is 4.52 Å². The van der Waals surface area contributed by atoms with Gasteiger partial charge in [0.2, 0.25) is 11.7 Å². The molecule has 112 valence electrons. The van der Waals surface area contributed by atoms with E-state index in [1.807, 2.05) is 6.07 Å². The van der Waals surface area contributed by atoms with Gasteiger partial charge in [0.15, 0.2) is 0 Å². The number of rotatable bonds is 3. The summed E-state index contributed by atoms with van der Waals surface area (Å²) in [7, 11) is 0. The lowest BCUT2D eigenvalue weighted by atomic mass is 9.76. The van der Waals surface area contributed by atoms with Crippen molar-refractivity contribution in [3.63, 3.8) is 0 Å². The molecule has 2 aromatic heterocycles. The number of hydrogen-bond donors (Lipinski definition) is 1. The van der Waals surface area contributed by atoms with Crippen LogP contribution in [0.3, 0.4) is 0 Å². The second-order valence-electron chi connectivity index (χ2n) is 5.64. The van der Waals surface area contributed by atoms with Gasteiger partial charge in [-0.05, 0) is 56.8 Å². The van der Waals surface area contributed by atoms with E-state index >= 15 is 0 Å². The quantitative estimate of drug-likeness (QED) is 0.830. The van der Waals surface area contributed by atoms with Crippen molar-refractivity contribution in [3.8, 4) is 11.5 Å². The standard InChI is InChI=1S/C14H16Br2N4O/c1-8(2)14(3-4-17-7-14)13-19-12(20-21-13)11-10(16)5-9(15)6-18-11/h5-6,8,17H,3-4,7H2,1-2H3. The summed E-state index contributed by atoms with van der Waals surface area (Å²) >= 11 is 6.88. The largest absolute Gasteiger partial charge is 0.338 e. The van der Waals surface area contributed by atoms with E-state index in [2.05, 4.69) is 66.1 Å². The van der Waals surface area contributed by atoms with Gasteiger partial charge in [-0.3, -0.25) is 4.98 Å². The molecule has 1 aliphatic heterocycles. The Kier molecular flexibility index (Phi) is 4.16. The second kappa shape index (κ2) is 5.78. The van der Waals surface area contributed by atoms with Gasteiger partial charge >= 0.3 is 0 Å². The first-order chi connectivity index (χ1) is 10.0. The highest BCUT2D eigenvalue weighted by Gasteiger charge is 2.43. The van der Waals surface area contributed by atoms with Gasteiger partial charge in [-0.25, -0.2) is 0 Å². The molecule has 0 bridgehead atoms. The van der Waals surface area contributed by atoms with Crippen LogP contribution in [-0.2, 0) is 5.41 Å². The fourth-order valence-electron chi connectivity index (χ4n) is 2.73. The summed E-state index contributed by atoms with van der Waals surface area (Å²) in [5, 5.41) is 7.53. The third-order valence-corrected chi connectivity index (χ3v) is 5.20. The number of hydrogen-bond acceptors (Lipinski definition) is 5. The van der Waals surface area contributed by atoms with E-state index in [1.165, 1.54) is 0 Å². The summed E-state index contributed by atoms with van der Waals surface area (Å²) in [4.78, 5) is 8.98. The maximum absolute atomic E-state index is 5.58. The highest BCUT2D eigenvalue weighted by atomic mass is 79.9. The fraction of sp³-hybridized carbons (Fsp3) is 0.500. The minimum absolute atomic E-state index is 0.0763. The molecule has 1 fully saturated rings. The minimum Gasteiger partial charge on any atom is -0.338 e. The molecular weight excluding hydrogens is 400 g/mol. The summed E-state index contributed by atoms with van der Waals surface area (Å²) in [6.45, 7) is 6.26. The lowest BCUT2D eigenvalue weighted by Gasteiger charge is -2.27. The molecular formula is C14H16Br2N4O. The molecule has 5 nitrogen and oxygen atoms in total. The number of nitrogens with zero attached hydrogens (tertiary/aromatic N) is 3. The zero-order valence-corrected chi connectivity index (χ0v) is 15.0. The molecule has 0 spiro atoms. The molecule has 0 saturated carbocycles. The third-order valence-electron chi connectivity index (χ3n) is 4.17.